The Labute approximate surface area is 134 Å². The third-order valence-corrected chi connectivity index (χ3v) is 4.10. The minimum absolute atomic E-state index is 0.221. The van der Waals surface area contributed by atoms with Gasteiger partial charge in [0.1, 0.15) is 11.4 Å². The number of hydrogen-bond acceptors (Lipinski definition) is 3. The van der Waals surface area contributed by atoms with Crippen LogP contribution in [-0.4, -0.2) is 16.5 Å². The SMILES string of the molecule is Cc1cc(=O)[nH]cc1C(=O)Nc1cccc2c1OC(C)(C)CC2. The molecule has 1 aromatic heterocycles. The van der Waals surface area contributed by atoms with E-state index < -0.39 is 0 Å². The molecule has 5 nitrogen and oxygen atoms in total. The van der Waals surface area contributed by atoms with Gasteiger partial charge in [-0.25, -0.2) is 0 Å². The minimum Gasteiger partial charge on any atom is -0.485 e. The summed E-state index contributed by atoms with van der Waals surface area (Å²) in [5.41, 5.74) is 2.36. The van der Waals surface area contributed by atoms with Crippen molar-refractivity contribution in [2.45, 2.75) is 39.2 Å². The number of nitrogens with one attached hydrogen (secondary N) is 2. The van der Waals surface area contributed by atoms with Gasteiger partial charge in [0.25, 0.3) is 5.91 Å². The third kappa shape index (κ3) is 3.13. The Bertz CT molecular complexity index is 821. The van der Waals surface area contributed by atoms with Crippen molar-refractivity contribution >= 4 is 11.6 Å². The molecule has 0 spiro atoms. The summed E-state index contributed by atoms with van der Waals surface area (Å²) in [5.74, 6) is 0.471. The molecule has 0 aliphatic carbocycles. The van der Waals surface area contributed by atoms with Crippen LogP contribution in [-0.2, 0) is 6.42 Å². The summed E-state index contributed by atoms with van der Waals surface area (Å²) in [5, 5.41) is 2.90. The predicted octanol–water partition coefficient (Wildman–Crippen LogP) is 3.04. The van der Waals surface area contributed by atoms with E-state index in [2.05, 4.69) is 10.3 Å². The van der Waals surface area contributed by atoms with Crippen LogP contribution in [0.1, 0.15) is 41.8 Å². The number of pyridine rings is 1. The van der Waals surface area contributed by atoms with Crippen molar-refractivity contribution in [2.75, 3.05) is 5.32 Å². The maximum Gasteiger partial charge on any atom is 0.257 e. The van der Waals surface area contributed by atoms with Crippen LogP contribution in [0.15, 0.2) is 35.3 Å². The number of amides is 1. The zero-order valence-corrected chi connectivity index (χ0v) is 13.5. The van der Waals surface area contributed by atoms with Gasteiger partial charge in [0.15, 0.2) is 0 Å². The zero-order chi connectivity index (χ0) is 16.6. The Hall–Kier alpha value is -2.56. The summed E-state index contributed by atoms with van der Waals surface area (Å²) < 4.78 is 6.06. The van der Waals surface area contributed by atoms with Gasteiger partial charge in [0.05, 0.1) is 11.3 Å². The van der Waals surface area contributed by atoms with E-state index >= 15 is 0 Å². The summed E-state index contributed by atoms with van der Waals surface area (Å²) in [6.45, 7) is 5.82. The van der Waals surface area contributed by atoms with Crippen LogP contribution in [0.2, 0.25) is 0 Å². The molecule has 1 aliphatic rings. The number of anilines is 1. The zero-order valence-electron chi connectivity index (χ0n) is 13.5. The average molecular weight is 312 g/mol. The maximum atomic E-state index is 12.5. The number of rotatable bonds is 2. The van der Waals surface area contributed by atoms with E-state index in [1.54, 1.807) is 6.92 Å². The summed E-state index contributed by atoms with van der Waals surface area (Å²) in [4.78, 5) is 26.3. The van der Waals surface area contributed by atoms with E-state index in [0.717, 1.165) is 24.2 Å². The largest absolute Gasteiger partial charge is 0.485 e. The van der Waals surface area contributed by atoms with Crippen molar-refractivity contribution in [3.05, 3.63) is 57.5 Å². The molecule has 0 saturated heterocycles. The van der Waals surface area contributed by atoms with Gasteiger partial charge in [0, 0.05) is 12.3 Å². The predicted molar refractivity (Wildman–Crippen MR) is 89.2 cm³/mol. The topological polar surface area (TPSA) is 71.2 Å². The highest BCUT2D eigenvalue weighted by Crippen LogP contribution is 2.38. The first-order valence-electron chi connectivity index (χ1n) is 7.67. The number of para-hydroxylation sites is 1. The van der Waals surface area contributed by atoms with Gasteiger partial charge in [-0.1, -0.05) is 12.1 Å². The number of benzene rings is 1. The Morgan fingerprint density at radius 3 is 2.87 bits per heavy atom. The summed E-state index contributed by atoms with van der Waals surface area (Å²) in [6.07, 6.45) is 3.30. The Morgan fingerprint density at radius 1 is 1.35 bits per heavy atom. The number of hydrogen-bond donors (Lipinski definition) is 2. The average Bonchev–Trinajstić information content (AvgIpc) is 2.47. The lowest BCUT2D eigenvalue weighted by Crippen LogP contribution is -2.33. The van der Waals surface area contributed by atoms with Crippen molar-refractivity contribution in [3.63, 3.8) is 0 Å². The van der Waals surface area contributed by atoms with Crippen LogP contribution in [0, 0.1) is 6.92 Å². The Kier molecular flexibility index (Phi) is 3.72. The van der Waals surface area contributed by atoms with Crippen LogP contribution >= 0.6 is 0 Å². The van der Waals surface area contributed by atoms with Crippen molar-refractivity contribution < 1.29 is 9.53 Å². The fraction of sp³-hybridized carbons (Fsp3) is 0.333. The molecular weight excluding hydrogens is 292 g/mol. The Balaban J connectivity index is 1.92. The van der Waals surface area contributed by atoms with Crippen molar-refractivity contribution in [2.24, 2.45) is 0 Å². The molecule has 1 aliphatic heterocycles. The molecule has 23 heavy (non-hydrogen) atoms. The van der Waals surface area contributed by atoms with Gasteiger partial charge in [-0.3, -0.25) is 9.59 Å². The molecule has 0 unspecified atom stereocenters. The smallest absolute Gasteiger partial charge is 0.257 e. The highest BCUT2D eigenvalue weighted by Gasteiger charge is 2.28. The quantitative estimate of drug-likeness (QED) is 0.895. The van der Waals surface area contributed by atoms with Crippen LogP contribution in [0.3, 0.4) is 0 Å². The molecule has 0 bridgehead atoms. The van der Waals surface area contributed by atoms with Crippen LogP contribution < -0.4 is 15.6 Å². The van der Waals surface area contributed by atoms with E-state index in [9.17, 15) is 9.59 Å². The van der Waals surface area contributed by atoms with Gasteiger partial charge >= 0.3 is 0 Å². The number of aromatic amines is 1. The standard InChI is InChI=1S/C18H20N2O3/c1-11-9-15(21)19-10-13(11)17(22)20-14-6-4-5-12-7-8-18(2,3)23-16(12)14/h4-6,9-10H,7-8H2,1-3H3,(H,19,21)(H,20,22). The van der Waals surface area contributed by atoms with Crippen molar-refractivity contribution in [1.82, 2.24) is 4.98 Å². The van der Waals surface area contributed by atoms with E-state index in [1.165, 1.54) is 12.3 Å². The molecule has 0 fully saturated rings. The number of H-pyrrole nitrogens is 1. The molecule has 2 aromatic rings. The molecule has 0 atom stereocenters. The highest BCUT2D eigenvalue weighted by molar-refractivity contribution is 6.05. The van der Waals surface area contributed by atoms with Crippen LogP contribution in [0.4, 0.5) is 5.69 Å². The lowest BCUT2D eigenvalue weighted by Gasteiger charge is -2.33. The molecule has 1 amide bonds. The van der Waals surface area contributed by atoms with E-state index in [1.807, 2.05) is 32.0 Å². The summed E-state index contributed by atoms with van der Waals surface area (Å²) >= 11 is 0. The van der Waals surface area contributed by atoms with Crippen LogP contribution in [0.5, 0.6) is 5.75 Å². The molecule has 3 rings (SSSR count). The van der Waals surface area contributed by atoms with Gasteiger partial charge in [-0.15, -0.1) is 0 Å². The molecule has 120 valence electrons. The molecule has 5 heteroatoms. The Morgan fingerprint density at radius 2 is 2.13 bits per heavy atom. The third-order valence-electron chi connectivity index (χ3n) is 4.10. The van der Waals surface area contributed by atoms with E-state index in [0.29, 0.717) is 16.8 Å². The number of carbonyl (C=O) groups is 1. The van der Waals surface area contributed by atoms with Crippen molar-refractivity contribution in [1.29, 1.82) is 0 Å². The lowest BCUT2D eigenvalue weighted by atomic mass is 9.94. The van der Waals surface area contributed by atoms with E-state index in [-0.39, 0.29) is 17.1 Å². The molecule has 1 aromatic carbocycles. The normalized spacial score (nSPS) is 15.4. The monoisotopic (exact) mass is 312 g/mol. The second-order valence-corrected chi connectivity index (χ2v) is 6.50. The number of ether oxygens (including phenoxy) is 1. The van der Waals surface area contributed by atoms with E-state index in [4.69, 9.17) is 4.74 Å². The lowest BCUT2D eigenvalue weighted by molar-refractivity contribution is 0.0850. The maximum absolute atomic E-state index is 12.5. The fourth-order valence-electron chi connectivity index (χ4n) is 2.77. The van der Waals surface area contributed by atoms with Gasteiger partial charge in [-0.05, 0) is 50.8 Å². The summed E-state index contributed by atoms with van der Waals surface area (Å²) in [7, 11) is 0. The van der Waals surface area contributed by atoms with Gasteiger partial charge < -0.3 is 15.0 Å². The molecule has 2 N–H and O–H groups in total. The second-order valence-electron chi connectivity index (χ2n) is 6.50. The first kappa shape index (κ1) is 15.3. The number of carbonyl (C=O) groups excluding carboxylic acids is 1. The molecule has 0 radical (unpaired) electrons. The number of fused-ring (bicyclic) bond motifs is 1. The fourth-order valence-corrected chi connectivity index (χ4v) is 2.77. The second kappa shape index (κ2) is 5.57. The number of aromatic nitrogens is 1. The molecular formula is C18H20N2O3. The molecule has 0 saturated carbocycles. The molecule has 2 heterocycles. The minimum atomic E-state index is -0.265. The number of aryl methyl sites for hydroxylation is 2. The first-order valence-corrected chi connectivity index (χ1v) is 7.67. The van der Waals surface area contributed by atoms with Crippen LogP contribution in [0.25, 0.3) is 0 Å². The highest BCUT2D eigenvalue weighted by atomic mass is 16.5. The van der Waals surface area contributed by atoms with Gasteiger partial charge in [0.2, 0.25) is 5.56 Å². The van der Waals surface area contributed by atoms with Gasteiger partial charge in [-0.2, -0.15) is 0 Å². The first-order chi connectivity index (χ1) is 10.9. The van der Waals surface area contributed by atoms with Crippen molar-refractivity contribution in [3.8, 4) is 5.75 Å². The summed E-state index contributed by atoms with van der Waals surface area (Å²) in [6, 6.07) is 7.18.